The lowest BCUT2D eigenvalue weighted by Crippen LogP contribution is -2.34. The first-order valence-electron chi connectivity index (χ1n) is 7.28. The zero-order chi connectivity index (χ0) is 17.9. The lowest BCUT2D eigenvalue weighted by atomic mass is 10.2. The summed E-state index contributed by atoms with van der Waals surface area (Å²) in [6.07, 6.45) is -2.17. The molecule has 2 N–H and O–H groups in total. The van der Waals surface area contributed by atoms with Crippen LogP contribution in [0.1, 0.15) is 32.4 Å². The third kappa shape index (κ3) is 4.15. The van der Waals surface area contributed by atoms with Crippen molar-refractivity contribution in [3.05, 3.63) is 32.9 Å². The van der Waals surface area contributed by atoms with E-state index in [1.807, 2.05) is 0 Å². The summed E-state index contributed by atoms with van der Waals surface area (Å²) < 4.78 is 24.7. The van der Waals surface area contributed by atoms with Crippen LogP contribution in [0, 0.1) is 5.82 Å². The molecule has 10 heteroatoms. The molecule has 0 saturated carbocycles. The number of carbonyl (C=O) groups is 2. The minimum Gasteiger partial charge on any atom is -0.459 e. The van der Waals surface area contributed by atoms with Crippen molar-refractivity contribution < 1.29 is 28.6 Å². The molecule has 132 valence electrons. The molecule has 0 aromatic carbocycles. The predicted molar refractivity (Wildman–Crippen MR) is 76.7 cm³/mol. The molecule has 3 atom stereocenters. The van der Waals surface area contributed by atoms with E-state index in [0.29, 0.717) is 6.20 Å². The van der Waals surface area contributed by atoms with E-state index in [1.54, 1.807) is 4.98 Å². The zero-order valence-electron chi connectivity index (χ0n) is 12.9. The molecule has 0 aliphatic carbocycles. The zero-order valence-corrected chi connectivity index (χ0v) is 12.9. The SMILES string of the molecule is CC(=O)CCC(=O)O[C@H]1C[C@H](n2cc(F)c(=O)[nH]c2=O)O[C@@H]1CO. The topological polar surface area (TPSA) is 128 Å². The number of halogens is 1. The van der Waals surface area contributed by atoms with Gasteiger partial charge >= 0.3 is 11.7 Å². The number of hydrogen-bond acceptors (Lipinski definition) is 7. The van der Waals surface area contributed by atoms with Crippen LogP contribution in [0.25, 0.3) is 0 Å². The number of rotatable bonds is 6. The number of hydrogen-bond donors (Lipinski definition) is 2. The number of aromatic amines is 1. The molecule has 1 saturated heterocycles. The lowest BCUT2D eigenvalue weighted by Gasteiger charge is -2.16. The third-order valence-corrected chi connectivity index (χ3v) is 3.56. The number of Topliss-reactive ketones (excluding diaryl/α,β-unsaturated/α-hetero) is 1. The van der Waals surface area contributed by atoms with Crippen molar-refractivity contribution >= 4 is 11.8 Å². The van der Waals surface area contributed by atoms with Gasteiger partial charge in [-0.1, -0.05) is 0 Å². The van der Waals surface area contributed by atoms with Gasteiger partial charge in [-0.2, -0.15) is 4.39 Å². The highest BCUT2D eigenvalue weighted by Gasteiger charge is 2.39. The van der Waals surface area contributed by atoms with E-state index in [4.69, 9.17) is 9.47 Å². The summed E-state index contributed by atoms with van der Waals surface area (Å²) in [5.74, 6) is -1.97. The number of ketones is 1. The highest BCUT2D eigenvalue weighted by atomic mass is 19.1. The normalized spacial score (nSPS) is 23.2. The number of nitrogens with zero attached hydrogens (tertiary/aromatic N) is 1. The molecule has 9 nitrogen and oxygen atoms in total. The minimum atomic E-state index is -1.17. The molecule has 1 aliphatic heterocycles. The Morgan fingerprint density at radius 3 is 2.79 bits per heavy atom. The van der Waals surface area contributed by atoms with E-state index in [-0.39, 0.29) is 25.0 Å². The lowest BCUT2D eigenvalue weighted by molar-refractivity contribution is -0.153. The van der Waals surface area contributed by atoms with Gasteiger partial charge < -0.3 is 19.4 Å². The summed E-state index contributed by atoms with van der Waals surface area (Å²) >= 11 is 0. The Morgan fingerprint density at radius 2 is 2.17 bits per heavy atom. The fourth-order valence-corrected chi connectivity index (χ4v) is 2.34. The smallest absolute Gasteiger partial charge is 0.330 e. The van der Waals surface area contributed by atoms with Crippen LogP contribution >= 0.6 is 0 Å². The fraction of sp³-hybridized carbons (Fsp3) is 0.571. The maximum Gasteiger partial charge on any atom is 0.330 e. The van der Waals surface area contributed by atoms with Gasteiger partial charge in [0.1, 0.15) is 24.2 Å². The number of ether oxygens (including phenoxy) is 2. The third-order valence-electron chi connectivity index (χ3n) is 3.56. The first kappa shape index (κ1) is 18.0. The molecule has 1 aromatic rings. The summed E-state index contributed by atoms with van der Waals surface area (Å²) in [4.78, 5) is 47.1. The number of nitrogens with one attached hydrogen (secondary N) is 1. The van der Waals surface area contributed by atoms with Gasteiger partial charge in [-0.25, -0.2) is 4.79 Å². The number of aromatic nitrogens is 2. The van der Waals surface area contributed by atoms with Gasteiger partial charge in [0.15, 0.2) is 0 Å². The number of H-pyrrole nitrogens is 1. The molecule has 0 amide bonds. The Kier molecular flexibility index (Phi) is 5.62. The Labute approximate surface area is 135 Å². The Bertz CT molecular complexity index is 741. The first-order valence-corrected chi connectivity index (χ1v) is 7.28. The van der Waals surface area contributed by atoms with Crippen LogP contribution in [-0.2, 0) is 19.1 Å². The van der Waals surface area contributed by atoms with Gasteiger partial charge in [-0.15, -0.1) is 0 Å². The monoisotopic (exact) mass is 344 g/mol. The molecule has 0 bridgehead atoms. The second kappa shape index (κ2) is 7.49. The highest BCUT2D eigenvalue weighted by molar-refractivity contribution is 5.81. The van der Waals surface area contributed by atoms with E-state index in [0.717, 1.165) is 4.57 Å². The van der Waals surface area contributed by atoms with Gasteiger partial charge in [0, 0.05) is 12.8 Å². The maximum atomic E-state index is 13.3. The van der Waals surface area contributed by atoms with Crippen molar-refractivity contribution in [3.8, 4) is 0 Å². The molecule has 2 heterocycles. The summed E-state index contributed by atoms with van der Waals surface area (Å²) in [5, 5.41) is 9.31. The second-order valence-corrected chi connectivity index (χ2v) is 5.42. The molecule has 0 radical (unpaired) electrons. The van der Waals surface area contributed by atoms with E-state index in [2.05, 4.69) is 0 Å². The Morgan fingerprint density at radius 1 is 1.46 bits per heavy atom. The summed E-state index contributed by atoms with van der Waals surface area (Å²) in [7, 11) is 0. The van der Waals surface area contributed by atoms with Crippen molar-refractivity contribution in [1.29, 1.82) is 0 Å². The van der Waals surface area contributed by atoms with E-state index in [9.17, 15) is 28.7 Å². The van der Waals surface area contributed by atoms with Crippen molar-refractivity contribution in [2.24, 2.45) is 0 Å². The number of aliphatic hydroxyl groups is 1. The Balaban J connectivity index is 2.10. The maximum absolute atomic E-state index is 13.3. The van der Waals surface area contributed by atoms with Crippen molar-refractivity contribution in [2.75, 3.05) is 6.61 Å². The van der Waals surface area contributed by atoms with Crippen LogP contribution in [0.4, 0.5) is 4.39 Å². The molecule has 0 unspecified atom stereocenters. The van der Waals surface area contributed by atoms with Gasteiger partial charge in [0.05, 0.1) is 19.2 Å². The van der Waals surface area contributed by atoms with Crippen LogP contribution in [0.5, 0.6) is 0 Å². The minimum absolute atomic E-state index is 0.0115. The quantitative estimate of drug-likeness (QED) is 0.649. The molecular weight excluding hydrogens is 327 g/mol. The Hall–Kier alpha value is -2.33. The summed E-state index contributed by atoms with van der Waals surface area (Å²) in [6.45, 7) is 0.859. The van der Waals surface area contributed by atoms with Gasteiger partial charge in [-0.3, -0.25) is 19.1 Å². The van der Waals surface area contributed by atoms with Gasteiger partial charge in [-0.05, 0) is 6.92 Å². The van der Waals surface area contributed by atoms with Crippen LogP contribution in [0.15, 0.2) is 15.8 Å². The molecule has 1 aliphatic rings. The molecule has 0 spiro atoms. The second-order valence-electron chi connectivity index (χ2n) is 5.42. The van der Waals surface area contributed by atoms with Gasteiger partial charge in [0.25, 0.3) is 5.56 Å². The molecular formula is C14H17FN2O7. The van der Waals surface area contributed by atoms with Crippen LogP contribution < -0.4 is 11.2 Å². The summed E-state index contributed by atoms with van der Waals surface area (Å²) in [6, 6.07) is 0. The van der Waals surface area contributed by atoms with Crippen molar-refractivity contribution in [2.45, 2.75) is 44.6 Å². The molecule has 2 rings (SSSR count). The standard InChI is InChI=1S/C14H17FN2O7/c1-7(19)2-3-12(20)24-9-4-11(23-10(9)6-18)17-5-8(15)13(21)16-14(17)22/h5,9-11,18H,2-4,6H2,1H3,(H,16,21,22)/t9-,10+,11+/m0/s1. The van der Waals surface area contributed by atoms with E-state index < -0.39 is 48.1 Å². The number of aliphatic hydroxyl groups excluding tert-OH is 1. The van der Waals surface area contributed by atoms with E-state index in [1.165, 1.54) is 6.92 Å². The van der Waals surface area contributed by atoms with Gasteiger partial charge in [0.2, 0.25) is 5.82 Å². The van der Waals surface area contributed by atoms with Crippen LogP contribution in [0.2, 0.25) is 0 Å². The van der Waals surface area contributed by atoms with Crippen LogP contribution in [-0.4, -0.2) is 45.2 Å². The van der Waals surface area contributed by atoms with Crippen LogP contribution in [0.3, 0.4) is 0 Å². The average Bonchev–Trinajstić information content (AvgIpc) is 2.91. The fourth-order valence-electron chi connectivity index (χ4n) is 2.34. The first-order chi connectivity index (χ1) is 11.3. The molecule has 24 heavy (non-hydrogen) atoms. The summed E-state index contributed by atoms with van der Waals surface area (Å²) in [5.41, 5.74) is -2.04. The average molecular weight is 344 g/mol. The predicted octanol–water partition coefficient (Wildman–Crippen LogP) is -0.763. The van der Waals surface area contributed by atoms with Crippen molar-refractivity contribution in [3.63, 3.8) is 0 Å². The largest absolute Gasteiger partial charge is 0.459 e. The number of carbonyl (C=O) groups excluding carboxylic acids is 2. The van der Waals surface area contributed by atoms with Crippen molar-refractivity contribution in [1.82, 2.24) is 9.55 Å². The van der Waals surface area contributed by atoms with E-state index >= 15 is 0 Å². The highest BCUT2D eigenvalue weighted by Crippen LogP contribution is 2.30. The number of esters is 1. The molecule has 1 aromatic heterocycles. The molecule has 1 fully saturated rings.